The summed E-state index contributed by atoms with van der Waals surface area (Å²) in [5.41, 5.74) is 2.69. The molecule has 0 fully saturated rings. The predicted octanol–water partition coefficient (Wildman–Crippen LogP) is 4.18. The number of rotatable bonds is 7. The van der Waals surface area contributed by atoms with Gasteiger partial charge < -0.3 is 10.2 Å². The molecule has 2 aromatic rings. The van der Waals surface area contributed by atoms with Crippen LogP contribution in [-0.2, 0) is 6.54 Å². The van der Waals surface area contributed by atoms with E-state index in [0.29, 0.717) is 6.04 Å². The van der Waals surface area contributed by atoms with Crippen molar-refractivity contribution in [2.45, 2.75) is 19.0 Å². The molecule has 0 radical (unpaired) electrons. The van der Waals surface area contributed by atoms with Crippen LogP contribution in [0.3, 0.4) is 0 Å². The average Bonchev–Trinajstić information content (AvgIpc) is 2.94. The summed E-state index contributed by atoms with van der Waals surface area (Å²) in [4.78, 5) is 2.36. The zero-order valence-corrected chi connectivity index (χ0v) is 13.5. The molecule has 2 rings (SSSR count). The number of benzene rings is 1. The van der Waals surface area contributed by atoms with Crippen LogP contribution in [0.5, 0.6) is 0 Å². The Morgan fingerprint density at radius 1 is 1.25 bits per heavy atom. The number of nitrogens with zero attached hydrogens (tertiary/aromatic N) is 1. The highest BCUT2D eigenvalue weighted by molar-refractivity contribution is 7.07. The zero-order chi connectivity index (χ0) is 14.4. The molecule has 0 aliphatic rings. The van der Waals surface area contributed by atoms with E-state index in [-0.39, 0.29) is 0 Å². The lowest BCUT2D eigenvalue weighted by atomic mass is 10.0. The van der Waals surface area contributed by atoms with Crippen LogP contribution in [0.4, 0.5) is 0 Å². The lowest BCUT2D eigenvalue weighted by Crippen LogP contribution is -2.25. The van der Waals surface area contributed by atoms with Crippen LogP contribution < -0.4 is 5.32 Å². The van der Waals surface area contributed by atoms with Crippen molar-refractivity contribution in [3.63, 3.8) is 0 Å². The minimum absolute atomic E-state index is 0.372. The minimum Gasteiger partial charge on any atom is -0.313 e. The smallest absolute Gasteiger partial charge is 0.0406 e. The molecule has 0 aliphatic carbocycles. The highest BCUT2D eigenvalue weighted by Crippen LogP contribution is 2.19. The summed E-state index contributed by atoms with van der Waals surface area (Å²) in [5.74, 6) is 0. The van der Waals surface area contributed by atoms with E-state index < -0.39 is 0 Å². The molecule has 20 heavy (non-hydrogen) atoms. The number of thiophene rings is 1. The Bertz CT molecular complexity index is 496. The zero-order valence-electron chi connectivity index (χ0n) is 12.0. The molecule has 1 aromatic heterocycles. The Labute approximate surface area is 130 Å². The number of halogens is 1. The van der Waals surface area contributed by atoms with E-state index >= 15 is 0 Å². The molecule has 0 saturated heterocycles. The van der Waals surface area contributed by atoms with Gasteiger partial charge in [0.2, 0.25) is 0 Å². The molecule has 1 aromatic carbocycles. The molecule has 0 amide bonds. The highest BCUT2D eigenvalue weighted by atomic mass is 35.5. The van der Waals surface area contributed by atoms with Crippen molar-refractivity contribution in [2.75, 3.05) is 20.6 Å². The summed E-state index contributed by atoms with van der Waals surface area (Å²) < 4.78 is 0. The SMILES string of the molecule is CNC(CCN(C)Cc1ccsc1)c1ccc(Cl)cc1. The van der Waals surface area contributed by atoms with Gasteiger partial charge in [0.25, 0.3) is 0 Å². The fourth-order valence-electron chi connectivity index (χ4n) is 2.30. The Morgan fingerprint density at radius 2 is 2.00 bits per heavy atom. The van der Waals surface area contributed by atoms with Gasteiger partial charge in [-0.2, -0.15) is 11.3 Å². The maximum absolute atomic E-state index is 5.94. The van der Waals surface area contributed by atoms with Crippen molar-refractivity contribution in [3.8, 4) is 0 Å². The molecule has 1 heterocycles. The van der Waals surface area contributed by atoms with Crippen LogP contribution in [0.1, 0.15) is 23.6 Å². The van der Waals surface area contributed by atoms with Crippen LogP contribution in [0, 0.1) is 0 Å². The summed E-state index contributed by atoms with van der Waals surface area (Å²) >= 11 is 7.70. The van der Waals surface area contributed by atoms with Crippen molar-refractivity contribution in [3.05, 3.63) is 57.2 Å². The standard InChI is InChI=1S/C16H21ClN2S/c1-18-16(14-3-5-15(17)6-4-14)7-9-19(2)11-13-8-10-20-12-13/h3-6,8,10,12,16,18H,7,9,11H2,1-2H3. The van der Waals surface area contributed by atoms with Gasteiger partial charge in [-0.15, -0.1) is 0 Å². The molecule has 2 nitrogen and oxygen atoms in total. The van der Waals surface area contributed by atoms with Gasteiger partial charge in [0, 0.05) is 17.6 Å². The topological polar surface area (TPSA) is 15.3 Å². The first-order valence-corrected chi connectivity index (χ1v) is 8.13. The first kappa shape index (κ1) is 15.5. The second kappa shape index (κ2) is 7.79. The maximum Gasteiger partial charge on any atom is 0.0406 e. The van der Waals surface area contributed by atoms with E-state index in [2.05, 4.69) is 46.2 Å². The molecule has 0 spiro atoms. The van der Waals surface area contributed by atoms with Crippen LogP contribution in [-0.4, -0.2) is 25.5 Å². The van der Waals surface area contributed by atoms with Gasteiger partial charge in [-0.1, -0.05) is 23.7 Å². The molecule has 0 saturated carbocycles. The largest absolute Gasteiger partial charge is 0.313 e. The molecule has 0 bridgehead atoms. The second-order valence-corrected chi connectivity index (χ2v) is 6.27. The maximum atomic E-state index is 5.94. The number of hydrogen-bond donors (Lipinski definition) is 1. The average molecular weight is 309 g/mol. The van der Waals surface area contributed by atoms with Crippen molar-refractivity contribution < 1.29 is 0 Å². The Morgan fingerprint density at radius 3 is 2.60 bits per heavy atom. The molecule has 0 aliphatic heterocycles. The van der Waals surface area contributed by atoms with Crippen molar-refractivity contribution in [1.82, 2.24) is 10.2 Å². The molecule has 1 unspecified atom stereocenters. The highest BCUT2D eigenvalue weighted by Gasteiger charge is 2.10. The lowest BCUT2D eigenvalue weighted by Gasteiger charge is -2.21. The third kappa shape index (κ3) is 4.60. The predicted molar refractivity (Wildman–Crippen MR) is 88.5 cm³/mol. The monoisotopic (exact) mass is 308 g/mol. The van der Waals surface area contributed by atoms with Crippen LogP contribution in [0.2, 0.25) is 5.02 Å². The lowest BCUT2D eigenvalue weighted by molar-refractivity contribution is 0.304. The van der Waals surface area contributed by atoms with Gasteiger partial charge in [-0.3, -0.25) is 0 Å². The fourth-order valence-corrected chi connectivity index (χ4v) is 3.08. The van der Waals surface area contributed by atoms with E-state index in [1.165, 1.54) is 11.1 Å². The van der Waals surface area contributed by atoms with Gasteiger partial charge in [0.1, 0.15) is 0 Å². The second-order valence-electron chi connectivity index (χ2n) is 5.05. The fraction of sp³-hybridized carbons (Fsp3) is 0.375. The van der Waals surface area contributed by atoms with E-state index in [1.807, 2.05) is 19.2 Å². The normalized spacial score (nSPS) is 12.8. The third-order valence-corrected chi connectivity index (χ3v) is 4.44. The van der Waals surface area contributed by atoms with Crippen LogP contribution >= 0.6 is 22.9 Å². The van der Waals surface area contributed by atoms with E-state index in [0.717, 1.165) is 24.5 Å². The Kier molecular flexibility index (Phi) is 6.05. The van der Waals surface area contributed by atoms with Crippen molar-refractivity contribution in [1.29, 1.82) is 0 Å². The number of nitrogens with one attached hydrogen (secondary N) is 1. The Balaban J connectivity index is 1.85. The van der Waals surface area contributed by atoms with Crippen molar-refractivity contribution >= 4 is 22.9 Å². The van der Waals surface area contributed by atoms with E-state index in [4.69, 9.17) is 11.6 Å². The molecular formula is C16H21ClN2S. The van der Waals surface area contributed by atoms with Crippen LogP contribution in [0.15, 0.2) is 41.1 Å². The summed E-state index contributed by atoms with van der Waals surface area (Å²) in [6, 6.07) is 10.7. The van der Waals surface area contributed by atoms with Gasteiger partial charge >= 0.3 is 0 Å². The minimum atomic E-state index is 0.372. The van der Waals surface area contributed by atoms with Gasteiger partial charge in [-0.05, 0) is 67.1 Å². The quantitative estimate of drug-likeness (QED) is 0.825. The van der Waals surface area contributed by atoms with Gasteiger partial charge in [0.15, 0.2) is 0 Å². The van der Waals surface area contributed by atoms with Crippen LogP contribution in [0.25, 0.3) is 0 Å². The first-order valence-electron chi connectivity index (χ1n) is 6.81. The molecular weight excluding hydrogens is 288 g/mol. The summed E-state index contributed by atoms with van der Waals surface area (Å²) in [6.45, 7) is 2.07. The van der Waals surface area contributed by atoms with E-state index in [1.54, 1.807) is 11.3 Å². The summed E-state index contributed by atoms with van der Waals surface area (Å²) in [7, 11) is 4.18. The molecule has 1 N–H and O–H groups in total. The third-order valence-electron chi connectivity index (χ3n) is 3.45. The molecule has 1 atom stereocenters. The summed E-state index contributed by atoms with van der Waals surface area (Å²) in [5, 5.41) is 8.52. The summed E-state index contributed by atoms with van der Waals surface area (Å²) in [6.07, 6.45) is 1.08. The van der Waals surface area contributed by atoms with Gasteiger partial charge in [-0.25, -0.2) is 0 Å². The molecule has 108 valence electrons. The van der Waals surface area contributed by atoms with Gasteiger partial charge in [0.05, 0.1) is 0 Å². The first-order chi connectivity index (χ1) is 9.69. The number of hydrogen-bond acceptors (Lipinski definition) is 3. The Hall–Kier alpha value is -0.870. The molecule has 4 heteroatoms. The van der Waals surface area contributed by atoms with E-state index in [9.17, 15) is 0 Å². The van der Waals surface area contributed by atoms with Crippen molar-refractivity contribution in [2.24, 2.45) is 0 Å².